The monoisotopic (exact) mass is 552 g/mol. The predicted molar refractivity (Wildman–Crippen MR) is 141 cm³/mol. The molecule has 0 radical (unpaired) electrons. The zero-order valence-electron chi connectivity index (χ0n) is 21.9. The molecule has 11 heteroatoms. The lowest BCUT2D eigenvalue weighted by molar-refractivity contribution is -0.140. The first kappa shape index (κ1) is 28.4. The highest BCUT2D eigenvalue weighted by atomic mass is 19.4. The number of esters is 1. The van der Waals surface area contributed by atoms with Crippen LogP contribution < -0.4 is 5.32 Å². The number of amides is 1. The summed E-state index contributed by atoms with van der Waals surface area (Å²) >= 11 is 0. The van der Waals surface area contributed by atoms with Gasteiger partial charge in [-0.2, -0.15) is 13.2 Å². The van der Waals surface area contributed by atoms with Crippen LogP contribution >= 0.6 is 0 Å². The highest BCUT2D eigenvalue weighted by Crippen LogP contribution is 2.32. The quantitative estimate of drug-likeness (QED) is 0.317. The molecular formula is C29H27F3N4O4. The van der Waals surface area contributed by atoms with Crippen molar-refractivity contribution in [2.45, 2.75) is 38.3 Å². The number of carbonyl (C=O) groups excluding carboxylic acids is 1. The van der Waals surface area contributed by atoms with E-state index in [0.717, 1.165) is 11.1 Å². The number of nitrogens with zero attached hydrogens (tertiary/aromatic N) is 3. The largest absolute Gasteiger partial charge is 0.469 e. The third kappa shape index (κ3) is 7.08. The topological polar surface area (TPSA) is 105 Å². The number of rotatable bonds is 5. The number of carbonyl (C=O) groups is 2. The van der Waals surface area contributed by atoms with Crippen molar-refractivity contribution in [1.82, 2.24) is 14.9 Å². The average Bonchev–Trinajstić information content (AvgIpc) is 2.93. The van der Waals surface area contributed by atoms with E-state index in [1.54, 1.807) is 30.3 Å². The van der Waals surface area contributed by atoms with Crippen molar-refractivity contribution in [3.63, 3.8) is 0 Å². The summed E-state index contributed by atoms with van der Waals surface area (Å²) in [6, 6.07) is 12.5. The van der Waals surface area contributed by atoms with E-state index < -0.39 is 29.5 Å². The van der Waals surface area contributed by atoms with Crippen LogP contribution in [0.1, 0.15) is 52.3 Å². The summed E-state index contributed by atoms with van der Waals surface area (Å²) < 4.78 is 45.9. The molecule has 0 aliphatic carbocycles. The summed E-state index contributed by atoms with van der Waals surface area (Å²) in [5.74, 6) is 4.94. The fraction of sp³-hybridized carbons (Fsp3) is 0.310. The van der Waals surface area contributed by atoms with Gasteiger partial charge in [-0.3, -0.25) is 4.79 Å². The van der Waals surface area contributed by atoms with Crippen LogP contribution in [-0.2, 0) is 22.1 Å². The van der Waals surface area contributed by atoms with Crippen molar-refractivity contribution in [1.29, 1.82) is 0 Å². The van der Waals surface area contributed by atoms with Gasteiger partial charge >= 0.3 is 18.2 Å². The first-order valence-electron chi connectivity index (χ1n) is 12.5. The Bertz CT molecular complexity index is 1450. The van der Waals surface area contributed by atoms with Gasteiger partial charge in [0.15, 0.2) is 0 Å². The number of methoxy groups -OCH3 is 1. The van der Waals surface area contributed by atoms with Gasteiger partial charge in [-0.25, -0.2) is 14.8 Å². The summed E-state index contributed by atoms with van der Waals surface area (Å²) in [5, 5.41) is 12.0. The molecule has 1 aromatic heterocycles. The lowest BCUT2D eigenvalue weighted by Crippen LogP contribution is -2.36. The first-order chi connectivity index (χ1) is 19.0. The van der Waals surface area contributed by atoms with E-state index in [-0.39, 0.29) is 18.3 Å². The molecule has 0 bridgehead atoms. The SMILES string of the molecule is COC(=O)Cc1ccc(C)cc1C#Cc1nc(Nc2ccc(C3CCN(C(=O)O)CC3)cc2)ncc1C(F)(F)F. The van der Waals surface area contributed by atoms with E-state index in [9.17, 15) is 22.8 Å². The van der Waals surface area contributed by atoms with Crippen molar-refractivity contribution >= 4 is 23.7 Å². The van der Waals surface area contributed by atoms with Crippen LogP contribution in [0.3, 0.4) is 0 Å². The number of aryl methyl sites for hydroxylation is 1. The Kier molecular flexibility index (Phi) is 8.58. The number of ether oxygens (including phenoxy) is 1. The minimum absolute atomic E-state index is 0.0566. The summed E-state index contributed by atoms with van der Waals surface area (Å²) in [5.41, 5.74) is 1.81. The van der Waals surface area contributed by atoms with Gasteiger partial charge in [0.05, 0.1) is 13.5 Å². The number of anilines is 2. The van der Waals surface area contributed by atoms with Crippen molar-refractivity contribution in [3.8, 4) is 11.8 Å². The highest BCUT2D eigenvalue weighted by molar-refractivity contribution is 5.73. The molecule has 0 saturated carbocycles. The Morgan fingerprint density at radius 3 is 2.45 bits per heavy atom. The molecule has 0 unspecified atom stereocenters. The Morgan fingerprint density at radius 1 is 1.12 bits per heavy atom. The average molecular weight is 553 g/mol. The summed E-state index contributed by atoms with van der Waals surface area (Å²) in [6.07, 6.45) is -3.59. The normalized spacial score (nSPS) is 13.8. The van der Waals surface area contributed by atoms with E-state index in [0.29, 0.717) is 48.9 Å². The minimum Gasteiger partial charge on any atom is -0.469 e. The highest BCUT2D eigenvalue weighted by Gasteiger charge is 2.35. The zero-order chi connectivity index (χ0) is 28.9. The van der Waals surface area contributed by atoms with Crippen LogP contribution in [-0.4, -0.2) is 52.2 Å². The van der Waals surface area contributed by atoms with Crippen molar-refractivity contribution in [3.05, 3.63) is 82.2 Å². The van der Waals surface area contributed by atoms with Gasteiger partial charge in [0.2, 0.25) is 5.95 Å². The molecule has 1 saturated heterocycles. The maximum absolute atomic E-state index is 13.7. The van der Waals surface area contributed by atoms with Gasteiger partial charge in [0.1, 0.15) is 11.3 Å². The summed E-state index contributed by atoms with van der Waals surface area (Å²) in [7, 11) is 1.26. The molecule has 2 heterocycles. The maximum atomic E-state index is 13.7. The van der Waals surface area contributed by atoms with Gasteiger partial charge in [-0.05, 0) is 66.5 Å². The molecule has 2 N–H and O–H groups in total. The Hall–Kier alpha value is -4.59. The molecule has 208 valence electrons. The first-order valence-corrected chi connectivity index (χ1v) is 12.5. The number of hydrogen-bond donors (Lipinski definition) is 2. The molecule has 1 aliphatic heterocycles. The van der Waals surface area contributed by atoms with E-state index in [4.69, 9.17) is 9.84 Å². The smallest absolute Gasteiger partial charge is 0.420 e. The number of piperidine rings is 1. The predicted octanol–water partition coefficient (Wildman–Crippen LogP) is 5.52. The molecule has 3 aromatic rings. The van der Waals surface area contributed by atoms with Crippen LogP contribution in [0, 0.1) is 18.8 Å². The molecule has 1 amide bonds. The lowest BCUT2D eigenvalue weighted by atomic mass is 9.89. The number of benzene rings is 2. The van der Waals surface area contributed by atoms with Gasteiger partial charge < -0.3 is 20.1 Å². The molecule has 4 rings (SSSR count). The second-order valence-electron chi connectivity index (χ2n) is 9.41. The van der Waals surface area contributed by atoms with E-state index >= 15 is 0 Å². The van der Waals surface area contributed by atoms with Gasteiger partial charge in [-0.15, -0.1) is 0 Å². The summed E-state index contributed by atoms with van der Waals surface area (Å²) in [6.45, 7) is 2.75. The van der Waals surface area contributed by atoms with Crippen LogP contribution in [0.25, 0.3) is 0 Å². The van der Waals surface area contributed by atoms with E-state index in [1.807, 2.05) is 19.1 Å². The lowest BCUT2D eigenvalue weighted by Gasteiger charge is -2.30. The Balaban J connectivity index is 1.56. The number of hydrogen-bond acceptors (Lipinski definition) is 6. The van der Waals surface area contributed by atoms with Gasteiger partial charge in [0.25, 0.3) is 0 Å². The van der Waals surface area contributed by atoms with E-state index in [2.05, 4.69) is 27.1 Å². The van der Waals surface area contributed by atoms with Crippen LogP contribution in [0.15, 0.2) is 48.7 Å². The second-order valence-corrected chi connectivity index (χ2v) is 9.41. The number of carboxylic acid groups (broad SMARTS) is 1. The standard InChI is InChI=1S/C29H27F3N4O4/c1-18-3-4-22(16-26(37)40-2)21(15-18)7-10-25-24(29(30,31)32)17-33-27(35-25)34-23-8-5-19(6-9-23)20-11-13-36(14-12-20)28(38)39/h3-6,8-9,15,17,20H,11-14,16H2,1-2H3,(H,38,39)(H,33,34,35). The Morgan fingerprint density at radius 2 is 1.82 bits per heavy atom. The van der Waals surface area contributed by atoms with E-state index in [1.165, 1.54) is 12.0 Å². The number of halogens is 3. The molecular weight excluding hydrogens is 525 g/mol. The number of aromatic nitrogens is 2. The van der Waals surface area contributed by atoms with Crippen LogP contribution in [0.5, 0.6) is 0 Å². The molecule has 2 aromatic carbocycles. The van der Waals surface area contributed by atoms with Crippen molar-refractivity contribution in [2.24, 2.45) is 0 Å². The molecule has 1 aliphatic rings. The number of likely N-dealkylation sites (tertiary alicyclic amines) is 1. The van der Waals surface area contributed by atoms with Crippen molar-refractivity contribution < 1.29 is 32.6 Å². The van der Waals surface area contributed by atoms with Crippen LogP contribution in [0.4, 0.5) is 29.6 Å². The number of alkyl halides is 3. The molecule has 1 fully saturated rings. The van der Waals surface area contributed by atoms with Crippen LogP contribution in [0.2, 0.25) is 0 Å². The van der Waals surface area contributed by atoms with Crippen molar-refractivity contribution in [2.75, 3.05) is 25.5 Å². The zero-order valence-corrected chi connectivity index (χ0v) is 21.9. The Labute approximate surface area is 229 Å². The second kappa shape index (κ2) is 12.1. The van der Waals surface area contributed by atoms with Gasteiger partial charge in [-0.1, -0.05) is 30.2 Å². The molecule has 0 atom stereocenters. The molecule has 0 spiro atoms. The maximum Gasteiger partial charge on any atom is 0.420 e. The third-order valence-corrected chi connectivity index (χ3v) is 6.64. The number of nitrogens with one attached hydrogen (secondary N) is 1. The minimum atomic E-state index is -4.72. The summed E-state index contributed by atoms with van der Waals surface area (Å²) in [4.78, 5) is 32.2. The fourth-order valence-electron chi connectivity index (χ4n) is 4.43. The molecule has 8 nitrogen and oxygen atoms in total. The van der Waals surface area contributed by atoms with Gasteiger partial charge in [0, 0.05) is 30.5 Å². The molecule has 40 heavy (non-hydrogen) atoms. The fourth-order valence-corrected chi connectivity index (χ4v) is 4.43. The third-order valence-electron chi connectivity index (χ3n) is 6.64.